The number of carboxylic acid groups (broad SMARTS) is 1. The van der Waals surface area contributed by atoms with Gasteiger partial charge in [-0.05, 0) is 13.3 Å². The maximum Gasteiger partial charge on any atom is 0.371 e. The predicted octanol–water partition coefficient (Wildman–Crippen LogP) is 1.14. The molecule has 7 heteroatoms. The van der Waals surface area contributed by atoms with Crippen molar-refractivity contribution in [1.82, 2.24) is 4.72 Å². The molecule has 0 spiro atoms. The molecule has 1 rings (SSSR count). The first kappa shape index (κ1) is 13.5. The number of carboxylic acids is 1. The maximum absolute atomic E-state index is 11.8. The van der Waals surface area contributed by atoms with E-state index in [0.29, 0.717) is 6.42 Å². The minimum atomic E-state index is -3.73. The van der Waals surface area contributed by atoms with E-state index in [0.717, 1.165) is 6.07 Å². The van der Waals surface area contributed by atoms with Crippen LogP contribution in [0.5, 0.6) is 0 Å². The monoisotopic (exact) mass is 259 g/mol. The van der Waals surface area contributed by atoms with Crippen LogP contribution in [-0.2, 0) is 10.0 Å². The third-order valence-electron chi connectivity index (χ3n) is 2.01. The summed E-state index contributed by atoms with van der Waals surface area (Å²) in [6, 6.07) is 0.994. The van der Waals surface area contributed by atoms with E-state index >= 15 is 0 Å². The van der Waals surface area contributed by atoms with Crippen molar-refractivity contribution in [2.45, 2.75) is 18.2 Å². The SMILES string of the molecule is C=CCCNS(=O)(=O)c1cc(C(=O)O)oc1C. The third kappa shape index (κ3) is 3.18. The fourth-order valence-electron chi connectivity index (χ4n) is 1.21. The van der Waals surface area contributed by atoms with Crippen LogP contribution in [0.3, 0.4) is 0 Å². The molecule has 0 radical (unpaired) electrons. The Morgan fingerprint density at radius 2 is 2.29 bits per heavy atom. The Hall–Kier alpha value is -1.60. The molecule has 0 amide bonds. The van der Waals surface area contributed by atoms with Gasteiger partial charge in [-0.15, -0.1) is 6.58 Å². The number of aromatic carboxylic acids is 1. The van der Waals surface area contributed by atoms with E-state index in [1.807, 2.05) is 0 Å². The first-order chi connectivity index (χ1) is 7.88. The van der Waals surface area contributed by atoms with Crippen molar-refractivity contribution in [3.63, 3.8) is 0 Å². The van der Waals surface area contributed by atoms with Crippen LogP contribution < -0.4 is 4.72 Å². The Labute approximate surface area is 99.0 Å². The second-order valence-corrected chi connectivity index (χ2v) is 5.05. The zero-order valence-electron chi connectivity index (χ0n) is 9.26. The highest BCUT2D eigenvalue weighted by Gasteiger charge is 2.23. The number of sulfonamides is 1. The molecule has 0 bridgehead atoms. The molecule has 0 fully saturated rings. The zero-order chi connectivity index (χ0) is 13.1. The van der Waals surface area contributed by atoms with E-state index in [1.165, 1.54) is 6.92 Å². The van der Waals surface area contributed by atoms with E-state index in [1.54, 1.807) is 6.08 Å². The van der Waals surface area contributed by atoms with E-state index in [2.05, 4.69) is 11.3 Å². The van der Waals surface area contributed by atoms with Gasteiger partial charge in [-0.25, -0.2) is 17.9 Å². The molecular weight excluding hydrogens is 246 g/mol. The van der Waals surface area contributed by atoms with Gasteiger partial charge in [0.05, 0.1) is 0 Å². The van der Waals surface area contributed by atoms with Crippen molar-refractivity contribution in [2.75, 3.05) is 6.54 Å². The smallest absolute Gasteiger partial charge is 0.371 e. The number of aryl methyl sites for hydroxylation is 1. The lowest BCUT2D eigenvalue weighted by Gasteiger charge is -2.03. The van der Waals surface area contributed by atoms with Gasteiger partial charge in [-0.2, -0.15) is 0 Å². The average Bonchev–Trinajstić information content (AvgIpc) is 2.61. The van der Waals surface area contributed by atoms with E-state index in [-0.39, 0.29) is 17.2 Å². The number of carbonyl (C=O) groups is 1. The summed E-state index contributed by atoms with van der Waals surface area (Å²) < 4.78 is 30.7. The Balaban J connectivity index is 2.98. The predicted molar refractivity (Wildman–Crippen MR) is 60.4 cm³/mol. The highest BCUT2D eigenvalue weighted by atomic mass is 32.2. The van der Waals surface area contributed by atoms with E-state index in [4.69, 9.17) is 9.52 Å². The third-order valence-corrected chi connectivity index (χ3v) is 3.58. The van der Waals surface area contributed by atoms with Crippen LogP contribution in [0.1, 0.15) is 22.7 Å². The number of hydrogen-bond acceptors (Lipinski definition) is 4. The van der Waals surface area contributed by atoms with Crippen molar-refractivity contribution < 1.29 is 22.7 Å². The van der Waals surface area contributed by atoms with Gasteiger partial charge < -0.3 is 9.52 Å². The van der Waals surface area contributed by atoms with Crippen molar-refractivity contribution in [2.24, 2.45) is 0 Å². The van der Waals surface area contributed by atoms with Gasteiger partial charge in [-0.3, -0.25) is 0 Å². The molecule has 6 nitrogen and oxygen atoms in total. The van der Waals surface area contributed by atoms with Gasteiger partial charge >= 0.3 is 5.97 Å². The normalized spacial score (nSPS) is 11.4. The van der Waals surface area contributed by atoms with Crippen molar-refractivity contribution in [3.05, 3.63) is 30.2 Å². The molecule has 17 heavy (non-hydrogen) atoms. The summed E-state index contributed by atoms with van der Waals surface area (Å²) in [5, 5.41) is 8.68. The molecule has 0 unspecified atom stereocenters. The highest BCUT2D eigenvalue weighted by Crippen LogP contribution is 2.19. The molecule has 1 heterocycles. The summed E-state index contributed by atoms with van der Waals surface area (Å²) in [6.45, 7) is 5.07. The fraction of sp³-hybridized carbons (Fsp3) is 0.300. The number of furan rings is 1. The van der Waals surface area contributed by atoms with Gasteiger partial charge in [0.1, 0.15) is 10.7 Å². The molecule has 94 valence electrons. The van der Waals surface area contributed by atoms with Crippen molar-refractivity contribution in [1.29, 1.82) is 0 Å². The topological polar surface area (TPSA) is 96.6 Å². The minimum Gasteiger partial charge on any atom is -0.475 e. The van der Waals surface area contributed by atoms with Gasteiger partial charge in [0.25, 0.3) is 0 Å². The molecule has 0 atom stereocenters. The molecule has 0 aliphatic carbocycles. The summed E-state index contributed by atoms with van der Waals surface area (Å²) in [5.41, 5.74) is 0. The average molecular weight is 259 g/mol. The number of rotatable bonds is 6. The molecule has 0 aliphatic heterocycles. The maximum atomic E-state index is 11.8. The largest absolute Gasteiger partial charge is 0.475 e. The molecule has 0 aromatic carbocycles. The lowest BCUT2D eigenvalue weighted by Crippen LogP contribution is -2.24. The summed E-state index contributed by atoms with van der Waals surface area (Å²) >= 11 is 0. The Morgan fingerprint density at radius 3 is 2.76 bits per heavy atom. The Morgan fingerprint density at radius 1 is 1.65 bits per heavy atom. The standard InChI is InChI=1S/C10H13NO5S/c1-3-4-5-11-17(14,15)9-6-8(10(12)13)16-7(9)2/h3,6,11H,1,4-5H2,2H3,(H,12,13). The Kier molecular flexibility index (Phi) is 4.08. The first-order valence-corrected chi connectivity index (χ1v) is 6.31. The van der Waals surface area contributed by atoms with Crippen LogP contribution >= 0.6 is 0 Å². The van der Waals surface area contributed by atoms with Gasteiger partial charge in [-0.1, -0.05) is 6.08 Å². The fourth-order valence-corrected chi connectivity index (χ4v) is 2.44. The lowest BCUT2D eigenvalue weighted by molar-refractivity contribution is 0.0661. The number of nitrogens with one attached hydrogen (secondary N) is 1. The van der Waals surface area contributed by atoms with Crippen LogP contribution in [-0.4, -0.2) is 26.0 Å². The summed E-state index contributed by atoms with van der Waals surface area (Å²) in [4.78, 5) is 10.5. The van der Waals surface area contributed by atoms with Crippen LogP contribution in [0.15, 0.2) is 28.0 Å². The van der Waals surface area contributed by atoms with E-state index in [9.17, 15) is 13.2 Å². The molecular formula is C10H13NO5S. The summed E-state index contributed by atoms with van der Waals surface area (Å²) in [6.07, 6.45) is 2.06. The van der Waals surface area contributed by atoms with Crippen LogP contribution in [0.2, 0.25) is 0 Å². The molecule has 2 N–H and O–H groups in total. The molecule has 1 aromatic rings. The van der Waals surface area contributed by atoms with Crippen LogP contribution in [0, 0.1) is 6.92 Å². The minimum absolute atomic E-state index is 0.0495. The van der Waals surface area contributed by atoms with Crippen LogP contribution in [0.25, 0.3) is 0 Å². The van der Waals surface area contributed by atoms with Crippen molar-refractivity contribution >= 4 is 16.0 Å². The van der Waals surface area contributed by atoms with Crippen LogP contribution in [0.4, 0.5) is 0 Å². The highest BCUT2D eigenvalue weighted by molar-refractivity contribution is 7.89. The Bertz CT molecular complexity index is 529. The van der Waals surface area contributed by atoms with Gasteiger partial charge in [0.15, 0.2) is 0 Å². The summed E-state index contributed by atoms with van der Waals surface area (Å²) in [5.74, 6) is -1.65. The zero-order valence-corrected chi connectivity index (χ0v) is 10.1. The van der Waals surface area contributed by atoms with Crippen molar-refractivity contribution in [3.8, 4) is 0 Å². The molecule has 0 saturated heterocycles. The second-order valence-electron chi connectivity index (χ2n) is 3.31. The number of hydrogen-bond donors (Lipinski definition) is 2. The van der Waals surface area contributed by atoms with Gasteiger partial charge in [0.2, 0.25) is 15.8 Å². The van der Waals surface area contributed by atoms with Gasteiger partial charge in [0, 0.05) is 12.6 Å². The van der Waals surface area contributed by atoms with E-state index < -0.39 is 21.8 Å². The molecule has 0 aliphatic rings. The first-order valence-electron chi connectivity index (χ1n) is 4.82. The summed E-state index contributed by atoms with van der Waals surface area (Å²) in [7, 11) is -3.73. The lowest BCUT2D eigenvalue weighted by atomic mass is 10.4. The molecule has 0 saturated carbocycles. The molecule has 1 aromatic heterocycles. The second kappa shape index (κ2) is 5.15. The quantitative estimate of drug-likeness (QED) is 0.590.